The number of benzene rings is 2. The zero-order chi connectivity index (χ0) is 16.9. The first-order valence-corrected chi connectivity index (χ1v) is 8.17. The Kier molecular flexibility index (Phi) is 4.86. The fraction of sp³-hybridized carbons (Fsp3) is 0.111. The van der Waals surface area contributed by atoms with Crippen LogP contribution in [0.15, 0.2) is 80.3 Å². The van der Waals surface area contributed by atoms with Crippen LogP contribution in [-0.2, 0) is 6.54 Å². The minimum Gasteiger partial charge on any atom is -0.497 e. The van der Waals surface area contributed by atoms with Crippen molar-refractivity contribution in [2.45, 2.75) is 16.5 Å². The van der Waals surface area contributed by atoms with Gasteiger partial charge in [-0.25, -0.2) is 0 Å². The van der Waals surface area contributed by atoms with Crippen molar-refractivity contribution in [2.75, 3.05) is 7.11 Å². The molecule has 5 nitrogen and oxygen atoms in total. The highest BCUT2D eigenvalue weighted by atomic mass is 32.2. The molecule has 3 aromatic rings. The van der Waals surface area contributed by atoms with E-state index in [-0.39, 0.29) is 0 Å². The molecule has 0 aliphatic heterocycles. The van der Waals surface area contributed by atoms with Crippen molar-refractivity contribution in [3.8, 4) is 5.75 Å². The van der Waals surface area contributed by atoms with Crippen molar-refractivity contribution in [1.82, 2.24) is 9.55 Å². The largest absolute Gasteiger partial charge is 0.497 e. The predicted molar refractivity (Wildman–Crippen MR) is 94.0 cm³/mol. The van der Waals surface area contributed by atoms with Gasteiger partial charge in [0.1, 0.15) is 5.75 Å². The van der Waals surface area contributed by atoms with Gasteiger partial charge in [-0.05, 0) is 29.8 Å². The van der Waals surface area contributed by atoms with Crippen LogP contribution in [0.4, 0.5) is 0 Å². The molecule has 1 aromatic heterocycles. The van der Waals surface area contributed by atoms with Gasteiger partial charge < -0.3 is 14.3 Å². The van der Waals surface area contributed by atoms with Crippen LogP contribution >= 0.6 is 11.8 Å². The molecule has 0 aliphatic carbocycles. The SMILES string of the molecule is COc1ccc(Cn2cc(Sc3ccccc3)[nH]c(=O)c2=O)cc1. The third kappa shape index (κ3) is 3.78. The van der Waals surface area contributed by atoms with Gasteiger partial charge in [-0.1, -0.05) is 42.1 Å². The Morgan fingerprint density at radius 1 is 1.04 bits per heavy atom. The molecule has 0 spiro atoms. The lowest BCUT2D eigenvalue weighted by Crippen LogP contribution is -2.36. The quantitative estimate of drug-likeness (QED) is 0.726. The molecule has 122 valence electrons. The zero-order valence-electron chi connectivity index (χ0n) is 13.1. The highest BCUT2D eigenvalue weighted by molar-refractivity contribution is 7.99. The second-order valence-electron chi connectivity index (χ2n) is 5.14. The van der Waals surface area contributed by atoms with Gasteiger partial charge >= 0.3 is 11.1 Å². The summed E-state index contributed by atoms with van der Waals surface area (Å²) in [6.45, 7) is 0.328. The van der Waals surface area contributed by atoms with Gasteiger partial charge in [0.05, 0.1) is 18.7 Å². The molecule has 0 saturated carbocycles. The van der Waals surface area contributed by atoms with E-state index >= 15 is 0 Å². The highest BCUT2D eigenvalue weighted by Gasteiger charge is 2.07. The van der Waals surface area contributed by atoms with Gasteiger partial charge in [0.2, 0.25) is 0 Å². The molecule has 24 heavy (non-hydrogen) atoms. The lowest BCUT2D eigenvalue weighted by molar-refractivity contribution is 0.414. The Balaban J connectivity index is 1.89. The monoisotopic (exact) mass is 340 g/mol. The molecular formula is C18H16N2O3S. The van der Waals surface area contributed by atoms with Crippen LogP contribution in [0.5, 0.6) is 5.75 Å². The van der Waals surface area contributed by atoms with E-state index in [1.807, 2.05) is 54.6 Å². The molecule has 0 fully saturated rings. The average molecular weight is 340 g/mol. The first-order valence-electron chi connectivity index (χ1n) is 7.35. The number of aromatic nitrogens is 2. The number of hydrogen-bond donors (Lipinski definition) is 1. The average Bonchev–Trinajstić information content (AvgIpc) is 2.61. The first kappa shape index (κ1) is 16.1. The minimum absolute atomic E-state index is 0.328. The summed E-state index contributed by atoms with van der Waals surface area (Å²) in [4.78, 5) is 27.6. The van der Waals surface area contributed by atoms with Crippen LogP contribution < -0.4 is 15.9 Å². The number of methoxy groups -OCH3 is 1. The molecule has 0 unspecified atom stereocenters. The van der Waals surface area contributed by atoms with E-state index in [0.29, 0.717) is 11.6 Å². The molecule has 0 atom stereocenters. The van der Waals surface area contributed by atoms with Gasteiger partial charge in [-0.2, -0.15) is 0 Å². The Morgan fingerprint density at radius 3 is 2.42 bits per heavy atom. The summed E-state index contributed by atoms with van der Waals surface area (Å²) in [5.41, 5.74) is -0.271. The normalized spacial score (nSPS) is 10.5. The van der Waals surface area contributed by atoms with E-state index in [1.54, 1.807) is 13.3 Å². The molecule has 0 amide bonds. The Morgan fingerprint density at radius 2 is 1.75 bits per heavy atom. The maximum Gasteiger partial charge on any atom is 0.316 e. The smallest absolute Gasteiger partial charge is 0.316 e. The summed E-state index contributed by atoms with van der Waals surface area (Å²) >= 11 is 1.41. The molecular weight excluding hydrogens is 324 g/mol. The minimum atomic E-state index is -0.621. The molecule has 0 radical (unpaired) electrons. The van der Waals surface area contributed by atoms with Gasteiger partial charge in [0, 0.05) is 11.1 Å². The van der Waals surface area contributed by atoms with Crippen LogP contribution in [-0.4, -0.2) is 16.7 Å². The Hall–Kier alpha value is -2.73. The van der Waals surface area contributed by atoms with Crippen molar-refractivity contribution >= 4 is 11.8 Å². The number of rotatable bonds is 5. The van der Waals surface area contributed by atoms with E-state index in [9.17, 15) is 9.59 Å². The third-order valence-electron chi connectivity index (χ3n) is 3.45. The van der Waals surface area contributed by atoms with E-state index in [0.717, 1.165) is 16.2 Å². The lowest BCUT2D eigenvalue weighted by atomic mass is 10.2. The van der Waals surface area contributed by atoms with Crippen LogP contribution in [0.3, 0.4) is 0 Å². The standard InChI is InChI=1S/C18H16N2O3S/c1-23-14-9-7-13(8-10-14)11-20-12-16(19-17(21)18(20)22)24-15-5-3-2-4-6-15/h2-10,12H,11H2,1H3,(H,19,21). The Labute approximate surface area is 142 Å². The lowest BCUT2D eigenvalue weighted by Gasteiger charge is -2.08. The number of nitrogens with one attached hydrogen (secondary N) is 1. The van der Waals surface area contributed by atoms with Crippen molar-refractivity contribution < 1.29 is 4.74 Å². The van der Waals surface area contributed by atoms with E-state index in [2.05, 4.69) is 4.98 Å². The molecule has 0 saturated heterocycles. The van der Waals surface area contributed by atoms with Gasteiger partial charge in [-0.15, -0.1) is 0 Å². The number of H-pyrrole nitrogens is 1. The fourth-order valence-corrected chi connectivity index (χ4v) is 3.11. The molecule has 1 heterocycles. The van der Waals surface area contributed by atoms with E-state index in [1.165, 1.54) is 16.3 Å². The number of nitrogens with zero attached hydrogens (tertiary/aromatic N) is 1. The molecule has 6 heteroatoms. The topological polar surface area (TPSA) is 64.1 Å². The summed E-state index contributed by atoms with van der Waals surface area (Å²) in [5.74, 6) is 0.748. The summed E-state index contributed by atoms with van der Waals surface area (Å²) in [5, 5.41) is 0.624. The van der Waals surface area contributed by atoms with E-state index < -0.39 is 11.1 Å². The summed E-state index contributed by atoms with van der Waals surface area (Å²) in [7, 11) is 1.60. The Bertz CT molecular complexity index is 931. The van der Waals surface area contributed by atoms with Gasteiger partial charge in [-0.3, -0.25) is 9.59 Å². The summed E-state index contributed by atoms with van der Waals surface area (Å²) in [6, 6.07) is 17.1. The second-order valence-corrected chi connectivity index (χ2v) is 6.26. The molecule has 0 aliphatic rings. The second kappa shape index (κ2) is 7.23. The number of aromatic amines is 1. The van der Waals surface area contributed by atoms with E-state index in [4.69, 9.17) is 4.74 Å². The molecule has 1 N–H and O–H groups in total. The van der Waals surface area contributed by atoms with Crippen LogP contribution in [0.2, 0.25) is 0 Å². The van der Waals surface area contributed by atoms with Gasteiger partial charge in [0.15, 0.2) is 0 Å². The molecule has 3 rings (SSSR count). The summed E-state index contributed by atoms with van der Waals surface area (Å²) < 4.78 is 6.54. The number of hydrogen-bond acceptors (Lipinski definition) is 4. The van der Waals surface area contributed by atoms with Crippen molar-refractivity contribution in [1.29, 1.82) is 0 Å². The number of ether oxygens (including phenoxy) is 1. The molecule has 0 bridgehead atoms. The maximum absolute atomic E-state index is 12.1. The molecule has 2 aromatic carbocycles. The van der Waals surface area contributed by atoms with Crippen LogP contribution in [0, 0.1) is 0 Å². The summed E-state index contributed by atoms with van der Waals surface area (Å²) in [6.07, 6.45) is 1.67. The van der Waals surface area contributed by atoms with Crippen molar-refractivity contribution in [2.24, 2.45) is 0 Å². The first-order chi connectivity index (χ1) is 11.7. The van der Waals surface area contributed by atoms with Gasteiger partial charge in [0.25, 0.3) is 0 Å². The highest BCUT2D eigenvalue weighted by Crippen LogP contribution is 2.24. The van der Waals surface area contributed by atoms with Crippen LogP contribution in [0.1, 0.15) is 5.56 Å². The third-order valence-corrected chi connectivity index (χ3v) is 4.38. The zero-order valence-corrected chi connectivity index (χ0v) is 13.9. The fourth-order valence-electron chi connectivity index (χ4n) is 2.24. The van der Waals surface area contributed by atoms with Crippen molar-refractivity contribution in [3.05, 3.63) is 87.1 Å². The van der Waals surface area contributed by atoms with Crippen molar-refractivity contribution in [3.63, 3.8) is 0 Å². The maximum atomic E-state index is 12.1. The van der Waals surface area contributed by atoms with Crippen LogP contribution in [0.25, 0.3) is 0 Å². The predicted octanol–water partition coefficient (Wildman–Crippen LogP) is 2.74.